The molecule has 0 saturated heterocycles. The van der Waals surface area contributed by atoms with E-state index in [4.69, 9.17) is 9.47 Å². The van der Waals surface area contributed by atoms with Crippen molar-refractivity contribution in [3.05, 3.63) is 71.9 Å². The summed E-state index contributed by atoms with van der Waals surface area (Å²) < 4.78 is 10.6. The van der Waals surface area contributed by atoms with E-state index in [0.29, 0.717) is 5.95 Å². The zero-order valence-corrected chi connectivity index (χ0v) is 16.3. The molecule has 0 unspecified atom stereocenters. The van der Waals surface area contributed by atoms with Crippen molar-refractivity contribution in [3.63, 3.8) is 0 Å². The van der Waals surface area contributed by atoms with Crippen LogP contribution in [0.1, 0.15) is 11.1 Å². The number of para-hydroxylation sites is 1. The molecule has 146 valence electrons. The molecule has 0 radical (unpaired) electrons. The Morgan fingerprint density at radius 1 is 0.857 bits per heavy atom. The standard InChI is InChI=1S/C22H26N4O2/c1-27-19-8-5-6-17(16-19)10-13-24-22-25-15-12-21(26-22)23-14-11-18-7-3-4-9-20(18)28-2/h3-9,12,15-16H,10-11,13-14H2,1-2H3,(H2,23,24,25,26). The second-order valence-electron chi connectivity index (χ2n) is 6.28. The Bertz CT molecular complexity index is 886. The molecule has 2 aromatic carbocycles. The molecule has 0 bridgehead atoms. The molecule has 1 heterocycles. The van der Waals surface area contributed by atoms with Gasteiger partial charge in [0.25, 0.3) is 0 Å². The first kappa shape index (κ1) is 19.5. The van der Waals surface area contributed by atoms with Crippen molar-refractivity contribution in [3.8, 4) is 11.5 Å². The topological polar surface area (TPSA) is 68.3 Å². The summed E-state index contributed by atoms with van der Waals surface area (Å²) in [5.41, 5.74) is 2.38. The van der Waals surface area contributed by atoms with Crippen molar-refractivity contribution in [2.45, 2.75) is 12.8 Å². The molecule has 1 aromatic heterocycles. The Balaban J connectivity index is 1.48. The van der Waals surface area contributed by atoms with Gasteiger partial charge in [0.1, 0.15) is 17.3 Å². The maximum atomic E-state index is 5.39. The third kappa shape index (κ3) is 5.61. The predicted octanol–water partition coefficient (Wildman–Crippen LogP) is 3.80. The first-order valence-corrected chi connectivity index (χ1v) is 9.34. The molecule has 2 N–H and O–H groups in total. The van der Waals surface area contributed by atoms with Crippen molar-refractivity contribution in [2.24, 2.45) is 0 Å². The van der Waals surface area contributed by atoms with Gasteiger partial charge in [-0.25, -0.2) is 4.98 Å². The van der Waals surface area contributed by atoms with E-state index in [9.17, 15) is 0 Å². The Morgan fingerprint density at radius 3 is 2.57 bits per heavy atom. The minimum Gasteiger partial charge on any atom is -0.497 e. The molecule has 0 fully saturated rings. The summed E-state index contributed by atoms with van der Waals surface area (Å²) in [6, 6.07) is 18.0. The van der Waals surface area contributed by atoms with Crippen LogP contribution in [-0.2, 0) is 12.8 Å². The lowest BCUT2D eigenvalue weighted by atomic mass is 10.1. The Labute approximate surface area is 166 Å². The van der Waals surface area contributed by atoms with Crippen molar-refractivity contribution < 1.29 is 9.47 Å². The molecule has 6 nitrogen and oxygen atoms in total. The van der Waals surface area contributed by atoms with Gasteiger partial charge >= 0.3 is 0 Å². The van der Waals surface area contributed by atoms with Crippen molar-refractivity contribution in [1.82, 2.24) is 9.97 Å². The lowest BCUT2D eigenvalue weighted by molar-refractivity contribution is 0.410. The first-order valence-electron chi connectivity index (χ1n) is 9.34. The summed E-state index contributed by atoms with van der Waals surface area (Å²) in [7, 11) is 3.37. The molecule has 0 spiro atoms. The lowest BCUT2D eigenvalue weighted by Gasteiger charge is -2.10. The number of benzene rings is 2. The Kier molecular flexibility index (Phi) is 7.07. The highest BCUT2D eigenvalue weighted by Gasteiger charge is 2.03. The van der Waals surface area contributed by atoms with Gasteiger partial charge < -0.3 is 20.1 Å². The third-order valence-corrected chi connectivity index (χ3v) is 4.38. The zero-order valence-electron chi connectivity index (χ0n) is 16.3. The molecular weight excluding hydrogens is 352 g/mol. The van der Waals surface area contributed by atoms with Crippen molar-refractivity contribution >= 4 is 11.8 Å². The number of rotatable bonds is 10. The van der Waals surface area contributed by atoms with Crippen LogP contribution in [0.3, 0.4) is 0 Å². The summed E-state index contributed by atoms with van der Waals surface area (Å²) in [5, 5.41) is 6.62. The van der Waals surface area contributed by atoms with Gasteiger partial charge in [-0.1, -0.05) is 30.3 Å². The SMILES string of the molecule is COc1cccc(CCNc2nccc(NCCc3ccccc3OC)n2)c1. The fraction of sp³-hybridized carbons (Fsp3) is 0.273. The van der Waals surface area contributed by atoms with Crippen LogP contribution in [0.25, 0.3) is 0 Å². The highest BCUT2D eigenvalue weighted by Crippen LogP contribution is 2.18. The maximum absolute atomic E-state index is 5.39. The van der Waals surface area contributed by atoms with Crippen LogP contribution in [0.2, 0.25) is 0 Å². The molecule has 0 amide bonds. The van der Waals surface area contributed by atoms with Gasteiger partial charge in [0.2, 0.25) is 5.95 Å². The zero-order chi connectivity index (χ0) is 19.6. The van der Waals surface area contributed by atoms with Crippen LogP contribution in [0.5, 0.6) is 11.5 Å². The number of methoxy groups -OCH3 is 2. The molecule has 0 aliphatic rings. The van der Waals surface area contributed by atoms with E-state index >= 15 is 0 Å². The molecule has 3 aromatic rings. The van der Waals surface area contributed by atoms with E-state index < -0.39 is 0 Å². The number of anilines is 2. The number of aromatic nitrogens is 2. The quantitative estimate of drug-likeness (QED) is 0.559. The van der Waals surface area contributed by atoms with Gasteiger partial charge in [0, 0.05) is 19.3 Å². The van der Waals surface area contributed by atoms with E-state index in [-0.39, 0.29) is 0 Å². The lowest BCUT2D eigenvalue weighted by Crippen LogP contribution is -2.11. The Morgan fingerprint density at radius 2 is 1.71 bits per heavy atom. The average molecular weight is 378 g/mol. The number of nitrogens with one attached hydrogen (secondary N) is 2. The van der Waals surface area contributed by atoms with Gasteiger partial charge in [-0.15, -0.1) is 0 Å². The number of nitrogens with zero attached hydrogens (tertiary/aromatic N) is 2. The third-order valence-electron chi connectivity index (χ3n) is 4.38. The molecule has 0 atom stereocenters. The summed E-state index contributed by atoms with van der Waals surface area (Å²) >= 11 is 0. The van der Waals surface area contributed by atoms with Crippen LogP contribution < -0.4 is 20.1 Å². The molecule has 28 heavy (non-hydrogen) atoms. The van der Waals surface area contributed by atoms with Crippen LogP contribution in [-0.4, -0.2) is 37.3 Å². The normalized spacial score (nSPS) is 10.4. The second-order valence-corrected chi connectivity index (χ2v) is 6.28. The molecule has 0 saturated carbocycles. The molecule has 0 aliphatic heterocycles. The Hall–Kier alpha value is -3.28. The highest BCUT2D eigenvalue weighted by atomic mass is 16.5. The van der Waals surface area contributed by atoms with Gasteiger partial charge in [-0.05, 0) is 48.2 Å². The van der Waals surface area contributed by atoms with Gasteiger partial charge in [-0.3, -0.25) is 0 Å². The average Bonchev–Trinajstić information content (AvgIpc) is 2.74. The van der Waals surface area contributed by atoms with Crippen LogP contribution in [0.15, 0.2) is 60.8 Å². The molecule has 6 heteroatoms. The van der Waals surface area contributed by atoms with E-state index in [1.54, 1.807) is 20.4 Å². The van der Waals surface area contributed by atoms with Gasteiger partial charge in [-0.2, -0.15) is 4.98 Å². The van der Waals surface area contributed by atoms with E-state index in [0.717, 1.165) is 43.2 Å². The summed E-state index contributed by atoms with van der Waals surface area (Å²) in [6.07, 6.45) is 3.48. The first-order chi connectivity index (χ1) is 13.8. The minimum atomic E-state index is 0.616. The second kappa shape index (κ2) is 10.2. The fourth-order valence-corrected chi connectivity index (χ4v) is 2.92. The monoisotopic (exact) mass is 378 g/mol. The van der Waals surface area contributed by atoms with E-state index in [1.165, 1.54) is 11.1 Å². The summed E-state index contributed by atoms with van der Waals surface area (Å²) in [6.45, 7) is 1.51. The smallest absolute Gasteiger partial charge is 0.224 e. The minimum absolute atomic E-state index is 0.616. The van der Waals surface area contributed by atoms with Crippen LogP contribution >= 0.6 is 0 Å². The molecule has 0 aliphatic carbocycles. The predicted molar refractivity (Wildman–Crippen MR) is 112 cm³/mol. The van der Waals surface area contributed by atoms with Crippen LogP contribution in [0, 0.1) is 0 Å². The van der Waals surface area contributed by atoms with Gasteiger partial charge in [0.15, 0.2) is 0 Å². The molecular formula is C22H26N4O2. The van der Waals surface area contributed by atoms with E-state index in [2.05, 4.69) is 32.7 Å². The summed E-state index contributed by atoms with van der Waals surface area (Å²) in [4.78, 5) is 8.81. The number of ether oxygens (including phenoxy) is 2. The number of hydrogen-bond acceptors (Lipinski definition) is 6. The van der Waals surface area contributed by atoms with E-state index in [1.807, 2.05) is 42.5 Å². The highest BCUT2D eigenvalue weighted by molar-refractivity contribution is 5.41. The fourth-order valence-electron chi connectivity index (χ4n) is 2.92. The van der Waals surface area contributed by atoms with Crippen molar-refractivity contribution in [1.29, 1.82) is 0 Å². The summed E-state index contributed by atoms with van der Waals surface area (Å²) in [5.74, 6) is 3.20. The largest absolute Gasteiger partial charge is 0.497 e. The van der Waals surface area contributed by atoms with Crippen LogP contribution in [0.4, 0.5) is 11.8 Å². The van der Waals surface area contributed by atoms with Gasteiger partial charge in [0.05, 0.1) is 14.2 Å². The number of hydrogen-bond donors (Lipinski definition) is 2. The maximum Gasteiger partial charge on any atom is 0.224 e. The van der Waals surface area contributed by atoms with Crippen molar-refractivity contribution in [2.75, 3.05) is 37.9 Å². The molecule has 3 rings (SSSR count).